The number of amides is 2. The van der Waals surface area contributed by atoms with Crippen LogP contribution in [-0.4, -0.2) is 23.8 Å². The lowest BCUT2D eigenvalue weighted by atomic mass is 10.0. The number of allylic oxidation sites excluding steroid dienone is 1. The first-order valence-electron chi connectivity index (χ1n) is 5.98. The Labute approximate surface area is 97.1 Å². The number of carbonyl (C=O) groups excluding carboxylic acids is 1. The van der Waals surface area contributed by atoms with Gasteiger partial charge in [0.05, 0.1) is 6.10 Å². The predicted molar refractivity (Wildman–Crippen MR) is 63.9 cm³/mol. The summed E-state index contributed by atoms with van der Waals surface area (Å²) in [6.45, 7) is 3.98. The van der Waals surface area contributed by atoms with Gasteiger partial charge in [0.1, 0.15) is 0 Å². The van der Waals surface area contributed by atoms with Crippen molar-refractivity contribution >= 4 is 6.03 Å². The molecular weight excluding hydrogens is 204 g/mol. The maximum Gasteiger partial charge on any atom is 0.318 e. The van der Waals surface area contributed by atoms with E-state index >= 15 is 0 Å². The summed E-state index contributed by atoms with van der Waals surface area (Å²) in [5.74, 6) is 0.636. The fourth-order valence-corrected chi connectivity index (χ4v) is 1.97. The molecule has 1 atom stereocenters. The van der Waals surface area contributed by atoms with E-state index in [2.05, 4.69) is 17.6 Å². The fraction of sp³-hybridized carbons (Fsp3) is 0.750. The summed E-state index contributed by atoms with van der Waals surface area (Å²) in [7, 11) is 0. The number of aliphatic hydroxyl groups is 1. The van der Waals surface area contributed by atoms with Gasteiger partial charge in [-0.05, 0) is 32.6 Å². The summed E-state index contributed by atoms with van der Waals surface area (Å²) in [5.41, 5.74) is 1.24. The van der Waals surface area contributed by atoms with Gasteiger partial charge in [0.15, 0.2) is 0 Å². The third-order valence-corrected chi connectivity index (χ3v) is 2.99. The van der Waals surface area contributed by atoms with E-state index in [0.29, 0.717) is 5.92 Å². The minimum absolute atomic E-state index is 0.252. The van der Waals surface area contributed by atoms with E-state index in [0.717, 1.165) is 0 Å². The SMILES string of the molecule is C/C(=C\NC(=O)NCC(C)O)C1CCCC1. The molecule has 0 heterocycles. The Kier molecular flexibility index (Phi) is 5.32. The van der Waals surface area contributed by atoms with Crippen molar-refractivity contribution in [2.24, 2.45) is 5.92 Å². The highest BCUT2D eigenvalue weighted by molar-refractivity contribution is 5.74. The van der Waals surface area contributed by atoms with Gasteiger partial charge in [0.2, 0.25) is 0 Å². The topological polar surface area (TPSA) is 61.4 Å². The van der Waals surface area contributed by atoms with Gasteiger partial charge < -0.3 is 15.7 Å². The van der Waals surface area contributed by atoms with Gasteiger partial charge in [-0.3, -0.25) is 0 Å². The Morgan fingerprint density at radius 2 is 2.12 bits per heavy atom. The molecule has 0 aromatic rings. The van der Waals surface area contributed by atoms with Gasteiger partial charge in [-0.1, -0.05) is 18.4 Å². The summed E-state index contributed by atoms with van der Waals surface area (Å²) in [6.07, 6.45) is 6.34. The minimum Gasteiger partial charge on any atom is -0.392 e. The highest BCUT2D eigenvalue weighted by Crippen LogP contribution is 2.30. The van der Waals surface area contributed by atoms with Crippen LogP contribution in [-0.2, 0) is 0 Å². The van der Waals surface area contributed by atoms with E-state index < -0.39 is 6.10 Å². The zero-order valence-electron chi connectivity index (χ0n) is 10.1. The molecule has 4 heteroatoms. The Balaban J connectivity index is 2.25. The second kappa shape index (κ2) is 6.53. The molecule has 0 aliphatic heterocycles. The molecule has 0 bridgehead atoms. The van der Waals surface area contributed by atoms with Crippen molar-refractivity contribution in [1.82, 2.24) is 10.6 Å². The fourth-order valence-electron chi connectivity index (χ4n) is 1.97. The standard InChI is InChI=1S/C12H22N2O2/c1-9(11-5-3-4-6-11)7-13-12(16)14-8-10(2)15/h7,10-11,15H,3-6,8H2,1-2H3,(H2,13,14,16)/b9-7+. The maximum absolute atomic E-state index is 11.3. The van der Waals surface area contributed by atoms with Crippen molar-refractivity contribution in [3.05, 3.63) is 11.8 Å². The van der Waals surface area contributed by atoms with Crippen molar-refractivity contribution in [2.45, 2.75) is 45.6 Å². The molecule has 0 aromatic heterocycles. The first-order valence-corrected chi connectivity index (χ1v) is 5.98. The maximum atomic E-state index is 11.3. The number of nitrogens with one attached hydrogen (secondary N) is 2. The van der Waals surface area contributed by atoms with E-state index in [-0.39, 0.29) is 12.6 Å². The van der Waals surface area contributed by atoms with Crippen LogP contribution in [0.25, 0.3) is 0 Å². The van der Waals surface area contributed by atoms with Crippen LogP contribution in [0.1, 0.15) is 39.5 Å². The largest absolute Gasteiger partial charge is 0.392 e. The van der Waals surface area contributed by atoms with Crippen LogP contribution in [0, 0.1) is 5.92 Å². The number of aliphatic hydroxyl groups excluding tert-OH is 1. The van der Waals surface area contributed by atoms with Gasteiger partial charge in [-0.2, -0.15) is 0 Å². The molecule has 1 unspecified atom stereocenters. The summed E-state index contributed by atoms with van der Waals surface area (Å²) in [4.78, 5) is 11.3. The summed E-state index contributed by atoms with van der Waals surface area (Å²) < 4.78 is 0. The molecule has 1 rings (SSSR count). The molecule has 1 saturated carbocycles. The van der Waals surface area contributed by atoms with E-state index in [1.165, 1.54) is 31.3 Å². The van der Waals surface area contributed by atoms with Crippen LogP contribution in [0.5, 0.6) is 0 Å². The molecule has 1 aliphatic carbocycles. The molecule has 2 amide bonds. The zero-order valence-corrected chi connectivity index (χ0v) is 10.1. The van der Waals surface area contributed by atoms with Gasteiger partial charge in [-0.25, -0.2) is 4.79 Å². The number of rotatable bonds is 4. The normalized spacial score (nSPS) is 19.6. The number of urea groups is 1. The van der Waals surface area contributed by atoms with Crippen LogP contribution in [0.15, 0.2) is 11.8 Å². The van der Waals surface area contributed by atoms with Crippen molar-refractivity contribution in [3.63, 3.8) is 0 Å². The van der Waals surface area contributed by atoms with Gasteiger partial charge in [0.25, 0.3) is 0 Å². The lowest BCUT2D eigenvalue weighted by Gasteiger charge is -2.11. The van der Waals surface area contributed by atoms with E-state index in [4.69, 9.17) is 5.11 Å². The Morgan fingerprint density at radius 1 is 1.50 bits per heavy atom. The minimum atomic E-state index is -0.509. The number of carbonyl (C=O) groups is 1. The predicted octanol–water partition coefficient (Wildman–Crippen LogP) is 1.76. The van der Waals surface area contributed by atoms with Crippen LogP contribution < -0.4 is 10.6 Å². The lowest BCUT2D eigenvalue weighted by Crippen LogP contribution is -2.36. The molecular formula is C12H22N2O2. The molecule has 16 heavy (non-hydrogen) atoms. The van der Waals surface area contributed by atoms with Crippen LogP contribution in [0.3, 0.4) is 0 Å². The monoisotopic (exact) mass is 226 g/mol. The third-order valence-electron chi connectivity index (χ3n) is 2.99. The molecule has 0 radical (unpaired) electrons. The zero-order chi connectivity index (χ0) is 12.0. The summed E-state index contributed by atoms with van der Waals surface area (Å²) >= 11 is 0. The lowest BCUT2D eigenvalue weighted by molar-refractivity contribution is 0.188. The quantitative estimate of drug-likeness (QED) is 0.684. The highest BCUT2D eigenvalue weighted by atomic mass is 16.3. The highest BCUT2D eigenvalue weighted by Gasteiger charge is 2.16. The number of hydrogen-bond acceptors (Lipinski definition) is 2. The molecule has 3 N–H and O–H groups in total. The van der Waals surface area contributed by atoms with Crippen molar-refractivity contribution in [3.8, 4) is 0 Å². The van der Waals surface area contributed by atoms with Crippen molar-refractivity contribution < 1.29 is 9.90 Å². The van der Waals surface area contributed by atoms with Gasteiger partial charge >= 0.3 is 6.03 Å². The summed E-state index contributed by atoms with van der Waals surface area (Å²) in [5, 5.41) is 14.3. The van der Waals surface area contributed by atoms with E-state index in [1.54, 1.807) is 13.1 Å². The Bertz CT molecular complexity index is 256. The smallest absolute Gasteiger partial charge is 0.318 e. The van der Waals surface area contributed by atoms with Crippen LogP contribution in [0.4, 0.5) is 4.79 Å². The van der Waals surface area contributed by atoms with Gasteiger partial charge in [-0.15, -0.1) is 0 Å². The van der Waals surface area contributed by atoms with Crippen LogP contribution in [0.2, 0.25) is 0 Å². The van der Waals surface area contributed by atoms with E-state index in [1.807, 2.05) is 0 Å². The van der Waals surface area contributed by atoms with E-state index in [9.17, 15) is 4.79 Å². The van der Waals surface area contributed by atoms with Gasteiger partial charge in [0, 0.05) is 12.7 Å². The molecule has 1 fully saturated rings. The Morgan fingerprint density at radius 3 is 2.69 bits per heavy atom. The average Bonchev–Trinajstić information content (AvgIpc) is 2.76. The van der Waals surface area contributed by atoms with Crippen LogP contribution >= 0.6 is 0 Å². The van der Waals surface area contributed by atoms with Crippen molar-refractivity contribution in [2.75, 3.05) is 6.54 Å². The molecule has 1 aliphatic rings. The Hall–Kier alpha value is -1.03. The molecule has 0 aromatic carbocycles. The average molecular weight is 226 g/mol. The second-order valence-corrected chi connectivity index (χ2v) is 4.57. The molecule has 0 saturated heterocycles. The summed E-state index contributed by atoms with van der Waals surface area (Å²) in [6, 6.07) is -0.252. The molecule has 0 spiro atoms. The first-order chi connectivity index (χ1) is 7.59. The first kappa shape index (κ1) is 13.0. The third kappa shape index (κ3) is 4.66. The second-order valence-electron chi connectivity index (χ2n) is 4.57. The number of hydrogen-bond donors (Lipinski definition) is 3. The molecule has 4 nitrogen and oxygen atoms in total. The van der Waals surface area contributed by atoms with Crippen molar-refractivity contribution in [1.29, 1.82) is 0 Å². The molecule has 92 valence electrons.